The van der Waals surface area contributed by atoms with E-state index in [4.69, 9.17) is 4.84 Å². The first-order valence-electron chi connectivity index (χ1n) is 5.26. The molecule has 0 radical (unpaired) electrons. The minimum absolute atomic E-state index is 0.0511. The number of nitrogens with one attached hydrogen (secondary N) is 1. The van der Waals surface area contributed by atoms with Crippen LogP contribution >= 0.6 is 0 Å². The minimum atomic E-state index is -0.0511. The molecule has 1 saturated heterocycles. The van der Waals surface area contributed by atoms with Gasteiger partial charge in [-0.15, -0.1) is 0 Å². The lowest BCUT2D eigenvalue weighted by atomic mass is 10.3. The summed E-state index contributed by atoms with van der Waals surface area (Å²) in [5, 5.41) is 5.11. The second kappa shape index (κ2) is 3.87. The van der Waals surface area contributed by atoms with E-state index in [1.807, 2.05) is 65.7 Å². The maximum Gasteiger partial charge on any atom is 0.255 e. The SMILES string of the molecule is c1ccc(NC2ON2c2ccccc2)cc1. The maximum absolute atomic E-state index is 5.43. The quantitative estimate of drug-likeness (QED) is 0.793. The highest BCUT2D eigenvalue weighted by Crippen LogP contribution is 2.29. The Bertz CT molecular complexity index is 458. The van der Waals surface area contributed by atoms with Crippen molar-refractivity contribution in [3.05, 3.63) is 60.7 Å². The van der Waals surface area contributed by atoms with E-state index in [-0.39, 0.29) is 6.35 Å². The maximum atomic E-state index is 5.43. The Balaban J connectivity index is 1.65. The third-order valence-electron chi connectivity index (χ3n) is 2.46. The molecule has 0 aromatic heterocycles. The number of benzene rings is 2. The molecular formula is C13H12N2O. The lowest BCUT2D eigenvalue weighted by Crippen LogP contribution is -2.09. The summed E-state index contributed by atoms with van der Waals surface area (Å²) in [6.45, 7) is 0. The van der Waals surface area contributed by atoms with Gasteiger partial charge >= 0.3 is 0 Å². The van der Waals surface area contributed by atoms with Crippen LogP contribution in [0.25, 0.3) is 0 Å². The van der Waals surface area contributed by atoms with Crippen LogP contribution in [0, 0.1) is 0 Å². The zero-order valence-corrected chi connectivity index (χ0v) is 8.71. The lowest BCUT2D eigenvalue weighted by molar-refractivity contribution is 0.412. The Labute approximate surface area is 94.2 Å². The Morgan fingerprint density at radius 2 is 1.50 bits per heavy atom. The van der Waals surface area contributed by atoms with Crippen LogP contribution in [-0.2, 0) is 4.84 Å². The zero-order chi connectivity index (χ0) is 10.8. The van der Waals surface area contributed by atoms with E-state index in [0.717, 1.165) is 11.4 Å². The molecule has 0 amide bonds. The molecule has 1 aliphatic rings. The number of hydroxylamine groups is 1. The second-order valence-electron chi connectivity index (χ2n) is 3.63. The monoisotopic (exact) mass is 212 g/mol. The van der Waals surface area contributed by atoms with Crippen LogP contribution in [0.3, 0.4) is 0 Å². The van der Waals surface area contributed by atoms with Gasteiger partial charge in [0.25, 0.3) is 6.35 Å². The van der Waals surface area contributed by atoms with Gasteiger partial charge in [-0.2, -0.15) is 5.06 Å². The highest BCUT2D eigenvalue weighted by atomic mass is 16.8. The topological polar surface area (TPSA) is 27.6 Å². The predicted octanol–water partition coefficient (Wildman–Crippen LogP) is 2.83. The van der Waals surface area contributed by atoms with Gasteiger partial charge in [0.2, 0.25) is 0 Å². The fraction of sp³-hybridized carbons (Fsp3) is 0.0769. The van der Waals surface area contributed by atoms with Crippen LogP contribution in [-0.4, -0.2) is 6.35 Å². The summed E-state index contributed by atoms with van der Waals surface area (Å²) in [6.07, 6.45) is -0.0511. The van der Waals surface area contributed by atoms with Crippen molar-refractivity contribution in [3.8, 4) is 0 Å². The summed E-state index contributed by atoms with van der Waals surface area (Å²) < 4.78 is 0. The Morgan fingerprint density at radius 3 is 2.19 bits per heavy atom. The summed E-state index contributed by atoms with van der Waals surface area (Å²) in [5.41, 5.74) is 2.13. The van der Waals surface area contributed by atoms with Gasteiger partial charge in [0.1, 0.15) is 0 Å². The number of anilines is 2. The van der Waals surface area contributed by atoms with Gasteiger partial charge in [-0.3, -0.25) is 0 Å². The lowest BCUT2D eigenvalue weighted by Gasteiger charge is -2.02. The third-order valence-corrected chi connectivity index (χ3v) is 2.46. The zero-order valence-electron chi connectivity index (χ0n) is 8.71. The number of nitrogens with zero attached hydrogens (tertiary/aromatic N) is 1. The van der Waals surface area contributed by atoms with Gasteiger partial charge < -0.3 is 5.32 Å². The fourth-order valence-electron chi connectivity index (χ4n) is 1.61. The van der Waals surface area contributed by atoms with Crippen molar-refractivity contribution in [3.63, 3.8) is 0 Å². The van der Waals surface area contributed by atoms with E-state index in [1.165, 1.54) is 0 Å². The smallest absolute Gasteiger partial charge is 0.255 e. The highest BCUT2D eigenvalue weighted by Gasteiger charge is 2.36. The van der Waals surface area contributed by atoms with Gasteiger partial charge in [-0.1, -0.05) is 36.4 Å². The summed E-state index contributed by atoms with van der Waals surface area (Å²) >= 11 is 0. The number of rotatable bonds is 3. The third kappa shape index (κ3) is 1.85. The normalized spacial score (nSPS) is 18.2. The summed E-state index contributed by atoms with van der Waals surface area (Å²) in [5.74, 6) is 0. The van der Waals surface area contributed by atoms with Gasteiger partial charge in [0.05, 0.1) is 5.69 Å². The van der Waals surface area contributed by atoms with Crippen molar-refractivity contribution in [1.82, 2.24) is 0 Å². The number of hydrogen-bond acceptors (Lipinski definition) is 3. The molecule has 0 aliphatic carbocycles. The largest absolute Gasteiger partial charge is 0.339 e. The second-order valence-corrected chi connectivity index (χ2v) is 3.63. The molecule has 2 aromatic rings. The molecule has 3 rings (SSSR count). The van der Waals surface area contributed by atoms with Crippen LogP contribution in [0.15, 0.2) is 60.7 Å². The number of para-hydroxylation sites is 2. The van der Waals surface area contributed by atoms with E-state index in [2.05, 4.69) is 5.32 Å². The first kappa shape index (κ1) is 9.24. The molecule has 80 valence electrons. The Morgan fingerprint density at radius 1 is 0.875 bits per heavy atom. The van der Waals surface area contributed by atoms with Crippen LogP contribution in [0.4, 0.5) is 11.4 Å². The molecule has 0 saturated carbocycles. The van der Waals surface area contributed by atoms with Crippen molar-refractivity contribution >= 4 is 11.4 Å². The van der Waals surface area contributed by atoms with Crippen molar-refractivity contribution in [2.75, 3.05) is 10.4 Å². The molecule has 0 spiro atoms. The molecule has 1 atom stereocenters. The van der Waals surface area contributed by atoms with E-state index in [0.29, 0.717) is 0 Å². The Kier molecular flexibility index (Phi) is 2.23. The van der Waals surface area contributed by atoms with Gasteiger partial charge in [0.15, 0.2) is 0 Å². The first-order chi connectivity index (χ1) is 7.93. The number of hydrogen-bond donors (Lipinski definition) is 1. The molecular weight excluding hydrogens is 200 g/mol. The van der Waals surface area contributed by atoms with Crippen LogP contribution < -0.4 is 10.4 Å². The van der Waals surface area contributed by atoms with E-state index in [1.54, 1.807) is 0 Å². The summed E-state index contributed by atoms with van der Waals surface area (Å²) in [6, 6.07) is 20.1. The molecule has 2 aromatic carbocycles. The fourth-order valence-corrected chi connectivity index (χ4v) is 1.61. The van der Waals surface area contributed by atoms with E-state index < -0.39 is 0 Å². The van der Waals surface area contributed by atoms with E-state index >= 15 is 0 Å². The standard InChI is InChI=1S/C13H12N2O/c1-3-7-11(8-4-1)14-13-15(16-13)12-9-5-2-6-10-12/h1-10,13-14H. The van der Waals surface area contributed by atoms with Crippen molar-refractivity contribution in [2.45, 2.75) is 6.35 Å². The molecule has 1 fully saturated rings. The summed E-state index contributed by atoms with van der Waals surface area (Å²) in [4.78, 5) is 5.43. The van der Waals surface area contributed by atoms with Crippen molar-refractivity contribution in [2.24, 2.45) is 0 Å². The predicted molar refractivity (Wildman–Crippen MR) is 63.9 cm³/mol. The van der Waals surface area contributed by atoms with Crippen LogP contribution in [0.1, 0.15) is 0 Å². The molecule has 1 aliphatic heterocycles. The molecule has 0 bridgehead atoms. The molecule has 1 N–H and O–H groups in total. The highest BCUT2D eigenvalue weighted by molar-refractivity contribution is 5.52. The molecule has 3 heteroatoms. The molecule has 16 heavy (non-hydrogen) atoms. The average molecular weight is 212 g/mol. The van der Waals surface area contributed by atoms with Gasteiger partial charge in [-0.25, -0.2) is 4.84 Å². The summed E-state index contributed by atoms with van der Waals surface area (Å²) in [7, 11) is 0. The van der Waals surface area contributed by atoms with Crippen molar-refractivity contribution in [1.29, 1.82) is 0 Å². The van der Waals surface area contributed by atoms with Gasteiger partial charge in [0, 0.05) is 5.69 Å². The Hall–Kier alpha value is -2.00. The first-order valence-corrected chi connectivity index (χ1v) is 5.26. The molecule has 1 unspecified atom stereocenters. The van der Waals surface area contributed by atoms with Crippen molar-refractivity contribution < 1.29 is 4.84 Å². The minimum Gasteiger partial charge on any atom is -0.339 e. The molecule has 1 heterocycles. The van der Waals surface area contributed by atoms with Gasteiger partial charge in [-0.05, 0) is 24.3 Å². The van der Waals surface area contributed by atoms with Crippen LogP contribution in [0.2, 0.25) is 0 Å². The molecule has 3 nitrogen and oxygen atoms in total. The average Bonchev–Trinajstić information content (AvgIpc) is 3.11. The van der Waals surface area contributed by atoms with Crippen LogP contribution in [0.5, 0.6) is 0 Å². The van der Waals surface area contributed by atoms with E-state index in [9.17, 15) is 0 Å².